The van der Waals surface area contributed by atoms with Crippen LogP contribution in [0.1, 0.15) is 45.4 Å². The average Bonchev–Trinajstić information content (AvgIpc) is 2.59. The highest BCUT2D eigenvalue weighted by molar-refractivity contribution is 9.11. The minimum atomic E-state index is -0.246. The van der Waals surface area contributed by atoms with Crippen molar-refractivity contribution in [1.82, 2.24) is 0 Å². The van der Waals surface area contributed by atoms with Gasteiger partial charge in [-0.1, -0.05) is 48.5 Å². The topological polar surface area (TPSA) is 26.3 Å². The predicted molar refractivity (Wildman–Crippen MR) is 64.6 cm³/mol. The fourth-order valence-electron chi connectivity index (χ4n) is 1.62. The maximum absolute atomic E-state index is 11.0. The number of allylic oxidation sites excluding steroid dienone is 1. The van der Waals surface area contributed by atoms with Gasteiger partial charge in [0.05, 0.1) is 0 Å². The van der Waals surface area contributed by atoms with Crippen LogP contribution in [0.25, 0.3) is 0 Å². The first-order chi connectivity index (χ1) is 7.27. The van der Waals surface area contributed by atoms with Crippen LogP contribution >= 0.6 is 15.9 Å². The molecule has 0 aliphatic carbocycles. The Hall–Kier alpha value is -0.570. The summed E-state index contributed by atoms with van der Waals surface area (Å²) in [5.41, 5.74) is 1.02. The molecule has 84 valence electrons. The molecule has 1 heterocycles. The van der Waals surface area contributed by atoms with E-state index in [-0.39, 0.29) is 5.97 Å². The van der Waals surface area contributed by atoms with Crippen LogP contribution in [-0.2, 0) is 9.53 Å². The molecule has 3 heteroatoms. The maximum Gasteiger partial charge on any atom is 0.336 e. The molecule has 0 saturated heterocycles. The summed E-state index contributed by atoms with van der Waals surface area (Å²) in [6, 6.07) is 0. The van der Waals surface area contributed by atoms with Gasteiger partial charge in [0, 0.05) is 16.6 Å². The lowest BCUT2D eigenvalue weighted by molar-refractivity contribution is -0.132. The summed E-state index contributed by atoms with van der Waals surface area (Å²) in [6.07, 6.45) is 8.74. The molecule has 0 N–H and O–H groups in total. The highest BCUT2D eigenvalue weighted by atomic mass is 79.9. The van der Waals surface area contributed by atoms with E-state index in [0.29, 0.717) is 5.76 Å². The van der Waals surface area contributed by atoms with Gasteiger partial charge in [-0.3, -0.25) is 0 Å². The van der Waals surface area contributed by atoms with E-state index in [1.807, 2.05) is 0 Å². The lowest BCUT2D eigenvalue weighted by Crippen LogP contribution is -1.90. The molecule has 1 rings (SSSR count). The molecule has 0 aromatic carbocycles. The van der Waals surface area contributed by atoms with Gasteiger partial charge < -0.3 is 4.74 Å². The van der Waals surface area contributed by atoms with Crippen LogP contribution in [0.3, 0.4) is 0 Å². The van der Waals surface area contributed by atoms with Crippen LogP contribution in [0, 0.1) is 0 Å². The summed E-state index contributed by atoms with van der Waals surface area (Å²) in [5.74, 6) is 0.430. The van der Waals surface area contributed by atoms with Crippen LogP contribution in [0.5, 0.6) is 0 Å². The molecule has 1 aliphatic heterocycles. The van der Waals surface area contributed by atoms with E-state index >= 15 is 0 Å². The monoisotopic (exact) mass is 272 g/mol. The standard InChI is InChI=1S/C12H17BrO2/c1-2-3-4-5-6-7-10-8-12(14)15-11(10)9-13/h8-9H,2-7H2,1H3/b11-9-. The van der Waals surface area contributed by atoms with Crippen molar-refractivity contribution in [3.63, 3.8) is 0 Å². The van der Waals surface area contributed by atoms with E-state index in [1.165, 1.54) is 25.7 Å². The molecule has 0 bridgehead atoms. The third-order valence-electron chi connectivity index (χ3n) is 2.47. The predicted octanol–water partition coefficient (Wildman–Crippen LogP) is 4.07. The van der Waals surface area contributed by atoms with Gasteiger partial charge in [0.15, 0.2) is 0 Å². The Morgan fingerprint density at radius 3 is 2.73 bits per heavy atom. The number of unbranched alkanes of at least 4 members (excludes halogenated alkanes) is 4. The molecular formula is C12H17BrO2. The summed E-state index contributed by atoms with van der Waals surface area (Å²) in [4.78, 5) is 12.7. The molecule has 0 radical (unpaired) electrons. The van der Waals surface area contributed by atoms with E-state index in [0.717, 1.165) is 18.4 Å². The minimum Gasteiger partial charge on any atom is -0.423 e. The Morgan fingerprint density at radius 2 is 2.07 bits per heavy atom. The van der Waals surface area contributed by atoms with Crippen molar-refractivity contribution >= 4 is 21.9 Å². The molecule has 0 saturated carbocycles. The van der Waals surface area contributed by atoms with Gasteiger partial charge >= 0.3 is 5.97 Å². The highest BCUT2D eigenvalue weighted by Crippen LogP contribution is 2.25. The van der Waals surface area contributed by atoms with E-state index < -0.39 is 0 Å². The summed E-state index contributed by atoms with van der Waals surface area (Å²) < 4.78 is 4.98. The van der Waals surface area contributed by atoms with Crippen molar-refractivity contribution in [3.8, 4) is 0 Å². The molecule has 0 unspecified atom stereocenters. The van der Waals surface area contributed by atoms with Crippen molar-refractivity contribution in [2.24, 2.45) is 0 Å². The van der Waals surface area contributed by atoms with Crippen molar-refractivity contribution in [3.05, 3.63) is 22.4 Å². The van der Waals surface area contributed by atoms with Gasteiger partial charge in [0.1, 0.15) is 5.76 Å². The number of carbonyl (C=O) groups excluding carboxylic acids is 1. The van der Waals surface area contributed by atoms with Gasteiger partial charge in [-0.05, 0) is 12.8 Å². The van der Waals surface area contributed by atoms with Crippen LogP contribution in [0.15, 0.2) is 22.4 Å². The lowest BCUT2D eigenvalue weighted by Gasteiger charge is -2.02. The van der Waals surface area contributed by atoms with E-state index in [4.69, 9.17) is 4.74 Å². The second-order valence-corrected chi connectivity index (χ2v) is 4.19. The van der Waals surface area contributed by atoms with Crippen molar-refractivity contribution in [2.45, 2.75) is 45.4 Å². The van der Waals surface area contributed by atoms with Gasteiger partial charge in [0.2, 0.25) is 0 Å². The van der Waals surface area contributed by atoms with Gasteiger partial charge in [-0.2, -0.15) is 0 Å². The number of hydrogen-bond acceptors (Lipinski definition) is 2. The Bertz CT molecular complexity index is 279. The summed E-state index contributed by atoms with van der Waals surface area (Å²) in [7, 11) is 0. The molecule has 0 amide bonds. The summed E-state index contributed by atoms with van der Waals surface area (Å²) in [5, 5.41) is 0. The Kier molecular flexibility index (Phi) is 5.69. The quantitative estimate of drug-likeness (QED) is 0.538. The molecule has 0 atom stereocenters. The van der Waals surface area contributed by atoms with Gasteiger partial charge in [-0.25, -0.2) is 4.79 Å². The van der Waals surface area contributed by atoms with Crippen LogP contribution in [0.4, 0.5) is 0 Å². The van der Waals surface area contributed by atoms with Gasteiger partial charge in [-0.15, -0.1) is 0 Å². The van der Waals surface area contributed by atoms with Crippen molar-refractivity contribution in [2.75, 3.05) is 0 Å². The van der Waals surface area contributed by atoms with Gasteiger partial charge in [0.25, 0.3) is 0 Å². The number of ether oxygens (including phenoxy) is 1. The number of hydrogen-bond donors (Lipinski definition) is 0. The average molecular weight is 273 g/mol. The first-order valence-electron chi connectivity index (χ1n) is 5.51. The summed E-state index contributed by atoms with van der Waals surface area (Å²) >= 11 is 3.20. The Labute approximate surface area is 99.5 Å². The minimum absolute atomic E-state index is 0.246. The number of rotatable bonds is 6. The third-order valence-corrected chi connectivity index (χ3v) is 2.88. The smallest absolute Gasteiger partial charge is 0.336 e. The highest BCUT2D eigenvalue weighted by Gasteiger charge is 2.18. The van der Waals surface area contributed by atoms with Crippen LogP contribution < -0.4 is 0 Å². The van der Waals surface area contributed by atoms with E-state index in [1.54, 1.807) is 11.1 Å². The Balaban J connectivity index is 2.26. The Morgan fingerprint density at radius 1 is 1.33 bits per heavy atom. The number of halogens is 1. The number of esters is 1. The van der Waals surface area contributed by atoms with E-state index in [2.05, 4.69) is 22.9 Å². The second kappa shape index (κ2) is 6.83. The SMILES string of the molecule is CCCCCCCC1=CC(=O)O/C1=C\Br. The zero-order valence-electron chi connectivity index (χ0n) is 9.09. The molecular weight excluding hydrogens is 256 g/mol. The fourth-order valence-corrected chi connectivity index (χ4v) is 2.01. The van der Waals surface area contributed by atoms with Crippen molar-refractivity contribution in [1.29, 1.82) is 0 Å². The normalized spacial score (nSPS) is 18.1. The first-order valence-corrected chi connectivity index (χ1v) is 6.42. The molecule has 0 aromatic rings. The molecule has 0 fully saturated rings. The van der Waals surface area contributed by atoms with Crippen LogP contribution in [-0.4, -0.2) is 5.97 Å². The zero-order chi connectivity index (χ0) is 11.1. The number of carbonyl (C=O) groups is 1. The molecule has 0 spiro atoms. The molecule has 15 heavy (non-hydrogen) atoms. The third kappa shape index (κ3) is 4.20. The lowest BCUT2D eigenvalue weighted by atomic mass is 10.1. The molecule has 1 aliphatic rings. The van der Waals surface area contributed by atoms with E-state index in [9.17, 15) is 4.79 Å². The number of cyclic esters (lactones) is 1. The largest absolute Gasteiger partial charge is 0.423 e. The van der Waals surface area contributed by atoms with Crippen molar-refractivity contribution < 1.29 is 9.53 Å². The molecule has 2 nitrogen and oxygen atoms in total. The van der Waals surface area contributed by atoms with Crippen LogP contribution in [0.2, 0.25) is 0 Å². The summed E-state index contributed by atoms with van der Waals surface area (Å²) in [6.45, 7) is 2.21. The maximum atomic E-state index is 11.0. The zero-order valence-corrected chi connectivity index (χ0v) is 10.7. The first kappa shape index (κ1) is 12.5. The fraction of sp³-hybridized carbons (Fsp3) is 0.583. The molecule has 0 aromatic heterocycles. The second-order valence-electron chi connectivity index (χ2n) is 3.73.